The van der Waals surface area contributed by atoms with E-state index in [1.807, 2.05) is 0 Å². The molecule has 0 spiro atoms. The molecule has 0 aliphatic heterocycles. The van der Waals surface area contributed by atoms with Crippen LogP contribution in [0.1, 0.15) is 6.42 Å². The molecular weight excluding hydrogens is 187 g/mol. The average Bonchev–Trinajstić information content (AvgIpc) is 1.63. The molecule has 0 radical (unpaired) electrons. The van der Waals surface area contributed by atoms with E-state index in [0.29, 0.717) is 0 Å². The molecule has 0 rings (SSSR count). The summed E-state index contributed by atoms with van der Waals surface area (Å²) in [5.41, 5.74) is 0. The van der Waals surface area contributed by atoms with Gasteiger partial charge in [0, 0.05) is 6.61 Å². The number of phosphoric acid groups is 1. The zero-order chi connectivity index (χ0) is 7.33. The molecule has 0 saturated carbocycles. The van der Waals surface area contributed by atoms with Crippen LogP contribution in [-0.4, -0.2) is 56.1 Å². The van der Waals surface area contributed by atoms with Crippen molar-refractivity contribution in [2.45, 2.75) is 6.42 Å². The van der Waals surface area contributed by atoms with Crippen molar-refractivity contribution in [2.75, 3.05) is 13.2 Å². The van der Waals surface area contributed by atoms with Crippen molar-refractivity contribution < 1.29 is 24.0 Å². The second kappa shape index (κ2) is 7.00. The fraction of sp³-hybridized carbons (Fsp3) is 1.00. The summed E-state index contributed by atoms with van der Waals surface area (Å²) >= 11 is 0. The van der Waals surface area contributed by atoms with Gasteiger partial charge in [-0.15, -0.1) is 0 Å². The third kappa shape index (κ3) is 12.0. The first-order chi connectivity index (χ1) is 4.06. The summed E-state index contributed by atoms with van der Waals surface area (Å²) in [6.45, 7) is -0.416. The Hall–Kier alpha value is 1.33. The van der Waals surface area contributed by atoms with Crippen LogP contribution in [0.3, 0.4) is 0 Å². The van der Waals surface area contributed by atoms with Gasteiger partial charge in [-0.2, -0.15) is 0 Å². The summed E-state index contributed by atoms with van der Waals surface area (Å²) < 4.78 is 13.4. The zero-order valence-corrected chi connectivity index (χ0v) is 8.46. The Morgan fingerprint density at radius 2 is 2.00 bits per heavy atom. The van der Waals surface area contributed by atoms with Crippen molar-refractivity contribution in [1.29, 1.82) is 0 Å². The SMILES string of the molecule is O=P([O-])([O-])OCCCO.[Ca+2]. The summed E-state index contributed by atoms with van der Waals surface area (Å²) in [5, 5.41) is 8.09. The summed E-state index contributed by atoms with van der Waals surface area (Å²) in [5.74, 6) is 0. The number of hydrogen-bond donors (Lipinski definition) is 1. The Morgan fingerprint density at radius 1 is 1.50 bits per heavy atom. The molecule has 0 aromatic heterocycles. The minimum Gasteiger partial charge on any atom is -0.790 e. The Bertz CT molecular complexity index is 111. The summed E-state index contributed by atoms with van der Waals surface area (Å²) in [4.78, 5) is 19.3. The van der Waals surface area contributed by atoms with Crippen molar-refractivity contribution in [3.8, 4) is 0 Å². The van der Waals surface area contributed by atoms with Gasteiger partial charge in [0.2, 0.25) is 0 Å². The molecule has 0 bridgehead atoms. The fourth-order valence-corrected chi connectivity index (χ4v) is 0.594. The third-order valence-corrected chi connectivity index (χ3v) is 1.05. The van der Waals surface area contributed by atoms with E-state index in [2.05, 4.69) is 4.52 Å². The van der Waals surface area contributed by atoms with Crippen molar-refractivity contribution in [3.05, 3.63) is 0 Å². The molecule has 0 unspecified atom stereocenters. The second-order valence-corrected chi connectivity index (χ2v) is 2.51. The van der Waals surface area contributed by atoms with Gasteiger partial charge < -0.3 is 24.0 Å². The molecule has 0 aliphatic rings. The number of aliphatic hydroxyl groups is 1. The van der Waals surface area contributed by atoms with E-state index in [1.165, 1.54) is 0 Å². The zero-order valence-electron chi connectivity index (χ0n) is 5.36. The van der Waals surface area contributed by atoms with Gasteiger partial charge in [-0.1, -0.05) is 0 Å². The Balaban J connectivity index is 0. The van der Waals surface area contributed by atoms with Gasteiger partial charge in [0.25, 0.3) is 0 Å². The molecule has 5 nitrogen and oxygen atoms in total. The number of phosphoric ester groups is 1. The fourth-order valence-electron chi connectivity index (χ4n) is 0.241. The Labute approximate surface area is 88.6 Å². The number of rotatable bonds is 4. The van der Waals surface area contributed by atoms with Crippen LogP contribution in [0.2, 0.25) is 0 Å². The molecule has 56 valence electrons. The van der Waals surface area contributed by atoms with Crippen molar-refractivity contribution in [2.24, 2.45) is 0 Å². The van der Waals surface area contributed by atoms with Crippen molar-refractivity contribution in [1.82, 2.24) is 0 Å². The van der Waals surface area contributed by atoms with Crippen LogP contribution in [0.4, 0.5) is 0 Å². The molecule has 7 heteroatoms. The van der Waals surface area contributed by atoms with Crippen molar-refractivity contribution >= 4 is 45.6 Å². The van der Waals surface area contributed by atoms with Gasteiger partial charge in [-0.3, -0.25) is 0 Å². The van der Waals surface area contributed by atoms with E-state index in [1.54, 1.807) is 0 Å². The standard InChI is InChI=1S/C3H9O5P.Ca/c4-2-1-3-8-9(5,6)7;/h4H,1-3H2,(H2,5,6,7);/q;+2/p-2. The molecule has 0 amide bonds. The van der Waals surface area contributed by atoms with Crippen molar-refractivity contribution in [3.63, 3.8) is 0 Å². The predicted octanol–water partition coefficient (Wildman–Crippen LogP) is -2.17. The van der Waals surface area contributed by atoms with Gasteiger partial charge in [-0.25, -0.2) is 0 Å². The van der Waals surface area contributed by atoms with Crippen LogP contribution in [0.5, 0.6) is 0 Å². The Kier molecular flexibility index (Phi) is 9.73. The van der Waals surface area contributed by atoms with Gasteiger partial charge in [-0.05, 0) is 6.42 Å². The molecular formula is C3H7CaO5P. The van der Waals surface area contributed by atoms with Gasteiger partial charge in [0.05, 0.1) is 14.4 Å². The van der Waals surface area contributed by atoms with E-state index in [-0.39, 0.29) is 57.4 Å². The van der Waals surface area contributed by atoms with Crippen LogP contribution >= 0.6 is 7.82 Å². The smallest absolute Gasteiger partial charge is 0.790 e. The van der Waals surface area contributed by atoms with E-state index in [9.17, 15) is 14.4 Å². The molecule has 0 saturated heterocycles. The third-order valence-electron chi connectivity index (χ3n) is 0.552. The van der Waals surface area contributed by atoms with E-state index >= 15 is 0 Å². The maximum absolute atomic E-state index is 9.67. The van der Waals surface area contributed by atoms with E-state index < -0.39 is 7.82 Å². The second-order valence-electron chi connectivity index (χ2n) is 1.36. The maximum atomic E-state index is 9.67. The van der Waals surface area contributed by atoms with Crippen LogP contribution < -0.4 is 9.79 Å². The van der Waals surface area contributed by atoms with Crippen LogP contribution in [0.15, 0.2) is 0 Å². The van der Waals surface area contributed by atoms with Crippen LogP contribution in [-0.2, 0) is 9.09 Å². The van der Waals surface area contributed by atoms with Crippen LogP contribution in [0.25, 0.3) is 0 Å². The maximum Gasteiger partial charge on any atom is 2.00 e. The number of hydrogen-bond acceptors (Lipinski definition) is 5. The monoisotopic (exact) mass is 194 g/mol. The average molecular weight is 194 g/mol. The van der Waals surface area contributed by atoms with E-state index in [4.69, 9.17) is 5.11 Å². The molecule has 0 atom stereocenters. The van der Waals surface area contributed by atoms with Crippen LogP contribution in [0, 0.1) is 0 Å². The topological polar surface area (TPSA) is 92.7 Å². The molecule has 0 fully saturated rings. The first kappa shape index (κ1) is 13.9. The first-order valence-electron chi connectivity index (χ1n) is 2.34. The molecule has 0 aromatic carbocycles. The summed E-state index contributed by atoms with van der Waals surface area (Å²) in [7, 11) is -4.81. The molecule has 0 aromatic rings. The Morgan fingerprint density at radius 3 is 2.30 bits per heavy atom. The minimum absolute atomic E-state index is 0. The first-order valence-corrected chi connectivity index (χ1v) is 3.80. The molecule has 0 aliphatic carbocycles. The normalized spacial score (nSPS) is 10.7. The quantitative estimate of drug-likeness (QED) is 0.312. The molecule has 0 heterocycles. The summed E-state index contributed by atoms with van der Waals surface area (Å²) in [6, 6.07) is 0. The van der Waals surface area contributed by atoms with Gasteiger partial charge in [0.1, 0.15) is 0 Å². The number of aliphatic hydroxyl groups excluding tert-OH is 1. The largest absolute Gasteiger partial charge is 2.00 e. The predicted molar refractivity (Wildman–Crippen MR) is 31.0 cm³/mol. The van der Waals surface area contributed by atoms with Gasteiger partial charge >= 0.3 is 37.7 Å². The molecule has 10 heavy (non-hydrogen) atoms. The minimum atomic E-state index is -4.81. The molecule has 1 N–H and O–H groups in total. The van der Waals surface area contributed by atoms with Gasteiger partial charge in [0.15, 0.2) is 0 Å². The van der Waals surface area contributed by atoms with E-state index in [0.717, 1.165) is 0 Å². The summed E-state index contributed by atoms with van der Waals surface area (Å²) in [6.07, 6.45) is 0.161.